The lowest BCUT2D eigenvalue weighted by Gasteiger charge is -2.22. The molecule has 62 valence electrons. The van der Waals surface area contributed by atoms with Crippen LogP contribution in [-0.4, -0.2) is 23.3 Å². The van der Waals surface area contributed by atoms with Crippen molar-refractivity contribution in [1.82, 2.24) is 5.32 Å². The van der Waals surface area contributed by atoms with E-state index in [9.17, 15) is 5.11 Å². The van der Waals surface area contributed by atoms with E-state index in [-0.39, 0.29) is 12.1 Å². The Morgan fingerprint density at radius 2 is 1.80 bits per heavy atom. The van der Waals surface area contributed by atoms with Gasteiger partial charge >= 0.3 is 0 Å². The van der Waals surface area contributed by atoms with Crippen LogP contribution in [0.2, 0.25) is 0 Å². The Morgan fingerprint density at radius 1 is 1.30 bits per heavy atom. The van der Waals surface area contributed by atoms with E-state index in [4.69, 9.17) is 0 Å². The van der Waals surface area contributed by atoms with Crippen molar-refractivity contribution < 1.29 is 5.11 Å². The summed E-state index contributed by atoms with van der Waals surface area (Å²) in [7, 11) is 0. The van der Waals surface area contributed by atoms with E-state index in [1.54, 1.807) is 0 Å². The van der Waals surface area contributed by atoms with Gasteiger partial charge in [-0.3, -0.25) is 0 Å². The van der Waals surface area contributed by atoms with Crippen LogP contribution in [0.3, 0.4) is 0 Å². The molecule has 2 heteroatoms. The number of aliphatic hydroxyl groups is 1. The van der Waals surface area contributed by atoms with Crippen LogP contribution < -0.4 is 5.32 Å². The average Bonchev–Trinajstić information content (AvgIpc) is 1.81. The van der Waals surface area contributed by atoms with Gasteiger partial charge in [0.05, 0.1) is 6.10 Å². The van der Waals surface area contributed by atoms with Crippen LogP contribution in [0.4, 0.5) is 0 Å². The summed E-state index contributed by atoms with van der Waals surface area (Å²) in [6.45, 7) is 8.08. The maximum Gasteiger partial charge on any atom is 0.0665 e. The molecule has 0 unspecified atom stereocenters. The fraction of sp³-hybridized carbons (Fsp3) is 1.00. The van der Waals surface area contributed by atoms with Crippen molar-refractivity contribution in [3.8, 4) is 0 Å². The summed E-state index contributed by atoms with van der Waals surface area (Å²) in [5.41, 5.74) is 0. The summed E-state index contributed by atoms with van der Waals surface area (Å²) in [5, 5.41) is 12.5. The Kier molecular flexibility index (Phi) is 4.65. The minimum Gasteiger partial charge on any atom is -0.392 e. The van der Waals surface area contributed by atoms with Gasteiger partial charge in [0.25, 0.3) is 0 Å². The highest BCUT2D eigenvalue weighted by molar-refractivity contribution is 4.72. The predicted molar refractivity (Wildman–Crippen MR) is 44.0 cm³/mol. The molecular formula is C8H19NO. The largest absolute Gasteiger partial charge is 0.392 e. The topological polar surface area (TPSA) is 32.3 Å². The van der Waals surface area contributed by atoms with Crippen molar-refractivity contribution >= 4 is 0 Å². The van der Waals surface area contributed by atoms with Gasteiger partial charge in [0.1, 0.15) is 0 Å². The van der Waals surface area contributed by atoms with Crippen molar-refractivity contribution in [2.75, 3.05) is 0 Å². The van der Waals surface area contributed by atoms with Gasteiger partial charge in [-0.1, -0.05) is 20.8 Å². The lowest BCUT2D eigenvalue weighted by atomic mass is 10.1. The molecule has 0 amide bonds. The predicted octanol–water partition coefficient (Wildman–Crippen LogP) is 1.14. The second kappa shape index (κ2) is 4.69. The Hall–Kier alpha value is -0.0800. The van der Waals surface area contributed by atoms with Gasteiger partial charge in [-0.25, -0.2) is 0 Å². The molecule has 0 fully saturated rings. The highest BCUT2D eigenvalue weighted by atomic mass is 16.3. The van der Waals surface area contributed by atoms with Crippen molar-refractivity contribution in [2.24, 2.45) is 0 Å². The van der Waals surface area contributed by atoms with E-state index in [2.05, 4.69) is 26.1 Å². The number of hydrogen-bond donors (Lipinski definition) is 2. The van der Waals surface area contributed by atoms with E-state index in [1.807, 2.05) is 6.92 Å². The first-order chi connectivity index (χ1) is 4.57. The van der Waals surface area contributed by atoms with Crippen LogP contribution in [0.15, 0.2) is 0 Å². The molecular weight excluding hydrogens is 126 g/mol. The Bertz CT molecular complexity index is 81.3. The molecule has 0 rings (SSSR count). The molecule has 0 aliphatic heterocycles. The average molecular weight is 145 g/mol. The number of rotatable bonds is 4. The molecule has 0 radical (unpaired) electrons. The van der Waals surface area contributed by atoms with E-state index in [0.717, 1.165) is 6.42 Å². The summed E-state index contributed by atoms with van der Waals surface area (Å²) in [5.74, 6) is 0. The summed E-state index contributed by atoms with van der Waals surface area (Å²) in [6, 6.07) is 0.708. The summed E-state index contributed by atoms with van der Waals surface area (Å²) in [6.07, 6.45) is 0.739. The first-order valence-electron chi connectivity index (χ1n) is 4.02. The standard InChI is InChI=1S/C8H19NO/c1-5-8(7(4)10)9-6(2)3/h6-10H,5H2,1-4H3/t7-,8+/m1/s1. The van der Waals surface area contributed by atoms with E-state index < -0.39 is 0 Å². The van der Waals surface area contributed by atoms with Gasteiger partial charge in [-0.15, -0.1) is 0 Å². The summed E-state index contributed by atoms with van der Waals surface area (Å²) >= 11 is 0. The normalized spacial score (nSPS) is 17.4. The van der Waals surface area contributed by atoms with E-state index in [0.29, 0.717) is 6.04 Å². The second-order valence-corrected chi connectivity index (χ2v) is 3.08. The Morgan fingerprint density at radius 3 is 1.90 bits per heavy atom. The zero-order valence-corrected chi connectivity index (χ0v) is 7.39. The lowest BCUT2D eigenvalue weighted by Crippen LogP contribution is -2.41. The van der Waals surface area contributed by atoms with Gasteiger partial charge in [0.2, 0.25) is 0 Å². The fourth-order valence-corrected chi connectivity index (χ4v) is 1.03. The molecule has 0 aromatic carbocycles. The third-order valence-corrected chi connectivity index (χ3v) is 1.57. The molecule has 0 aliphatic rings. The molecule has 0 saturated heterocycles. The monoisotopic (exact) mass is 145 g/mol. The molecule has 0 heterocycles. The van der Waals surface area contributed by atoms with Crippen molar-refractivity contribution in [3.05, 3.63) is 0 Å². The zero-order chi connectivity index (χ0) is 8.15. The minimum atomic E-state index is -0.243. The molecule has 0 aromatic rings. The van der Waals surface area contributed by atoms with Crippen LogP contribution in [0.25, 0.3) is 0 Å². The van der Waals surface area contributed by atoms with Gasteiger partial charge in [-0.05, 0) is 13.3 Å². The Balaban J connectivity index is 3.60. The van der Waals surface area contributed by atoms with Crippen LogP contribution in [0.1, 0.15) is 34.1 Å². The molecule has 0 spiro atoms. The van der Waals surface area contributed by atoms with Crippen LogP contribution >= 0.6 is 0 Å². The van der Waals surface area contributed by atoms with E-state index in [1.165, 1.54) is 0 Å². The second-order valence-electron chi connectivity index (χ2n) is 3.08. The Labute approximate surface area is 63.6 Å². The molecule has 0 bridgehead atoms. The van der Waals surface area contributed by atoms with Crippen LogP contribution in [0, 0.1) is 0 Å². The van der Waals surface area contributed by atoms with Crippen LogP contribution in [-0.2, 0) is 0 Å². The minimum absolute atomic E-state index is 0.243. The highest BCUT2D eigenvalue weighted by Gasteiger charge is 2.11. The zero-order valence-electron chi connectivity index (χ0n) is 7.39. The summed E-state index contributed by atoms with van der Waals surface area (Å²) in [4.78, 5) is 0. The first-order valence-corrected chi connectivity index (χ1v) is 4.02. The highest BCUT2D eigenvalue weighted by Crippen LogP contribution is 1.98. The maximum atomic E-state index is 9.20. The van der Waals surface area contributed by atoms with Gasteiger partial charge in [0, 0.05) is 12.1 Å². The van der Waals surface area contributed by atoms with Gasteiger partial charge in [0.15, 0.2) is 0 Å². The molecule has 2 nitrogen and oxygen atoms in total. The molecule has 10 heavy (non-hydrogen) atoms. The maximum absolute atomic E-state index is 9.20. The third kappa shape index (κ3) is 3.85. The van der Waals surface area contributed by atoms with Crippen LogP contribution in [0.5, 0.6) is 0 Å². The third-order valence-electron chi connectivity index (χ3n) is 1.57. The van der Waals surface area contributed by atoms with Crippen molar-refractivity contribution in [1.29, 1.82) is 0 Å². The number of nitrogens with one attached hydrogen (secondary N) is 1. The van der Waals surface area contributed by atoms with E-state index >= 15 is 0 Å². The summed E-state index contributed by atoms with van der Waals surface area (Å²) < 4.78 is 0. The van der Waals surface area contributed by atoms with Gasteiger partial charge < -0.3 is 10.4 Å². The van der Waals surface area contributed by atoms with Crippen molar-refractivity contribution in [2.45, 2.75) is 52.3 Å². The molecule has 2 N–H and O–H groups in total. The molecule has 0 saturated carbocycles. The molecule has 2 atom stereocenters. The fourth-order valence-electron chi connectivity index (χ4n) is 1.03. The number of hydrogen-bond acceptors (Lipinski definition) is 2. The smallest absolute Gasteiger partial charge is 0.0665 e. The SMILES string of the molecule is CC[C@H](NC(C)C)[C@@H](C)O. The lowest BCUT2D eigenvalue weighted by molar-refractivity contribution is 0.138. The first kappa shape index (κ1) is 9.92. The van der Waals surface area contributed by atoms with Gasteiger partial charge in [-0.2, -0.15) is 0 Å². The molecule has 0 aliphatic carbocycles. The number of aliphatic hydroxyl groups excluding tert-OH is 1. The quantitative estimate of drug-likeness (QED) is 0.622. The molecule has 0 aromatic heterocycles. The van der Waals surface area contributed by atoms with Crippen molar-refractivity contribution in [3.63, 3.8) is 0 Å².